The van der Waals surface area contributed by atoms with Gasteiger partial charge in [-0.2, -0.15) is 0 Å². The molecule has 0 atom stereocenters. The molecule has 1 N–H and O–H groups in total. The summed E-state index contributed by atoms with van der Waals surface area (Å²) in [6.45, 7) is 0. The largest absolute Gasteiger partial charge is 0.444 e. The van der Waals surface area contributed by atoms with Gasteiger partial charge in [-0.1, -0.05) is 15.9 Å². The molecule has 0 aromatic carbocycles. The van der Waals surface area contributed by atoms with Gasteiger partial charge in [0.2, 0.25) is 0 Å². The molecule has 0 spiro atoms. The molecule has 1 aliphatic rings. The fraction of sp³-hybridized carbons (Fsp3) is 0.444. The minimum atomic E-state index is -0.146. The Morgan fingerprint density at radius 1 is 1.57 bits per heavy atom. The Morgan fingerprint density at radius 3 is 2.71 bits per heavy atom. The van der Waals surface area contributed by atoms with Gasteiger partial charge in [0.05, 0.1) is 5.54 Å². The van der Waals surface area contributed by atoms with E-state index in [1.54, 1.807) is 12.1 Å². The average molecular weight is 323 g/mol. The molecular weight excluding hydrogens is 314 g/mol. The van der Waals surface area contributed by atoms with Crippen LogP contribution in [-0.4, -0.2) is 16.8 Å². The van der Waals surface area contributed by atoms with Gasteiger partial charge in [0.1, 0.15) is 0 Å². The van der Waals surface area contributed by atoms with Gasteiger partial charge in [-0.05, 0) is 40.9 Å². The summed E-state index contributed by atoms with van der Waals surface area (Å²) in [5, 5.41) is 3.75. The number of hydrogen-bond donors (Lipinski definition) is 1. The summed E-state index contributed by atoms with van der Waals surface area (Å²) >= 11 is 6.54. The first-order chi connectivity index (χ1) is 6.65. The van der Waals surface area contributed by atoms with E-state index in [1.807, 2.05) is 0 Å². The summed E-state index contributed by atoms with van der Waals surface area (Å²) in [5.74, 6) is 0.205. The van der Waals surface area contributed by atoms with Crippen molar-refractivity contribution < 1.29 is 9.21 Å². The third-order valence-electron chi connectivity index (χ3n) is 2.29. The van der Waals surface area contributed by atoms with Gasteiger partial charge in [0, 0.05) is 5.33 Å². The second-order valence-electron chi connectivity index (χ2n) is 3.47. The Balaban J connectivity index is 2.03. The van der Waals surface area contributed by atoms with Crippen molar-refractivity contribution in [1.29, 1.82) is 0 Å². The molecule has 0 unspecified atom stereocenters. The third-order valence-corrected chi connectivity index (χ3v) is 3.78. The van der Waals surface area contributed by atoms with Crippen LogP contribution in [0.15, 0.2) is 21.2 Å². The smallest absolute Gasteiger partial charge is 0.287 e. The molecule has 1 fully saturated rings. The summed E-state index contributed by atoms with van der Waals surface area (Å²) in [7, 11) is 0. The molecule has 0 aliphatic heterocycles. The normalized spacial score (nSPS) is 17.9. The maximum absolute atomic E-state index is 11.6. The monoisotopic (exact) mass is 321 g/mol. The molecule has 1 heterocycles. The summed E-state index contributed by atoms with van der Waals surface area (Å²) in [4.78, 5) is 11.6. The highest BCUT2D eigenvalue weighted by atomic mass is 79.9. The Labute approximate surface area is 98.5 Å². The van der Waals surface area contributed by atoms with Crippen molar-refractivity contribution in [3.63, 3.8) is 0 Å². The van der Waals surface area contributed by atoms with Crippen molar-refractivity contribution in [3.05, 3.63) is 22.6 Å². The lowest BCUT2D eigenvalue weighted by Gasteiger charge is -2.12. The number of furan rings is 1. The molecule has 14 heavy (non-hydrogen) atoms. The lowest BCUT2D eigenvalue weighted by atomic mass is 10.3. The van der Waals surface area contributed by atoms with Crippen LogP contribution in [0.2, 0.25) is 0 Å². The molecule has 5 heteroatoms. The van der Waals surface area contributed by atoms with Gasteiger partial charge in [0.15, 0.2) is 10.4 Å². The summed E-state index contributed by atoms with van der Waals surface area (Å²) in [6.07, 6.45) is 2.07. The first-order valence-electron chi connectivity index (χ1n) is 4.29. The van der Waals surface area contributed by atoms with Gasteiger partial charge >= 0.3 is 0 Å². The standard InChI is InChI=1S/C9H9Br2NO2/c10-5-9(3-4-9)12-8(13)6-1-2-7(11)14-6/h1-2H,3-5H2,(H,12,13). The van der Waals surface area contributed by atoms with Crippen molar-refractivity contribution in [2.45, 2.75) is 18.4 Å². The number of nitrogens with one attached hydrogen (secondary N) is 1. The molecule has 76 valence electrons. The van der Waals surface area contributed by atoms with Crippen molar-refractivity contribution in [1.82, 2.24) is 5.32 Å². The van der Waals surface area contributed by atoms with Gasteiger partial charge in [-0.25, -0.2) is 0 Å². The lowest BCUT2D eigenvalue weighted by molar-refractivity contribution is 0.0907. The van der Waals surface area contributed by atoms with Crippen LogP contribution in [0, 0.1) is 0 Å². The van der Waals surface area contributed by atoms with E-state index in [4.69, 9.17) is 4.42 Å². The van der Waals surface area contributed by atoms with Crippen LogP contribution in [0.1, 0.15) is 23.4 Å². The van der Waals surface area contributed by atoms with Crippen LogP contribution >= 0.6 is 31.9 Å². The Morgan fingerprint density at radius 2 is 2.29 bits per heavy atom. The maximum Gasteiger partial charge on any atom is 0.287 e. The van der Waals surface area contributed by atoms with Crippen LogP contribution in [0.3, 0.4) is 0 Å². The second kappa shape index (κ2) is 3.70. The zero-order valence-electron chi connectivity index (χ0n) is 7.35. The molecular formula is C9H9Br2NO2. The molecule has 3 nitrogen and oxygen atoms in total. The van der Waals surface area contributed by atoms with Gasteiger partial charge in [-0.15, -0.1) is 0 Å². The molecule has 2 rings (SSSR count). The number of alkyl halides is 1. The summed E-state index contributed by atoms with van der Waals surface area (Å²) in [6, 6.07) is 3.37. The first kappa shape index (κ1) is 10.2. The number of rotatable bonds is 3. The van der Waals surface area contributed by atoms with E-state index in [-0.39, 0.29) is 11.4 Å². The van der Waals surface area contributed by atoms with Crippen LogP contribution in [0.4, 0.5) is 0 Å². The molecule has 0 bridgehead atoms. The lowest BCUT2D eigenvalue weighted by Crippen LogP contribution is -2.37. The average Bonchev–Trinajstić information content (AvgIpc) is 2.80. The van der Waals surface area contributed by atoms with Crippen molar-refractivity contribution >= 4 is 37.8 Å². The predicted molar refractivity (Wildman–Crippen MR) is 59.6 cm³/mol. The van der Waals surface area contributed by atoms with Gasteiger partial charge in [-0.3, -0.25) is 4.79 Å². The highest BCUT2D eigenvalue weighted by Gasteiger charge is 2.43. The first-order valence-corrected chi connectivity index (χ1v) is 6.20. The second-order valence-corrected chi connectivity index (χ2v) is 4.81. The number of amides is 1. The Hall–Kier alpha value is -0.290. The maximum atomic E-state index is 11.6. The number of hydrogen-bond acceptors (Lipinski definition) is 2. The summed E-state index contributed by atoms with van der Waals surface area (Å²) in [5.41, 5.74) is -0.0314. The van der Waals surface area contributed by atoms with Gasteiger partial charge in [0.25, 0.3) is 5.91 Å². The minimum Gasteiger partial charge on any atom is -0.444 e. The van der Waals surface area contributed by atoms with E-state index < -0.39 is 0 Å². The van der Waals surface area contributed by atoms with E-state index in [0.29, 0.717) is 10.4 Å². The topological polar surface area (TPSA) is 42.2 Å². The minimum absolute atomic E-state index is 0.0314. The Bertz CT molecular complexity index is 357. The Kier molecular flexibility index (Phi) is 2.70. The van der Waals surface area contributed by atoms with E-state index in [0.717, 1.165) is 18.2 Å². The zero-order valence-corrected chi connectivity index (χ0v) is 10.5. The summed E-state index contributed by atoms with van der Waals surface area (Å²) < 4.78 is 5.73. The van der Waals surface area contributed by atoms with E-state index in [1.165, 1.54) is 0 Å². The molecule has 1 aromatic heterocycles. The van der Waals surface area contributed by atoms with Gasteiger partial charge < -0.3 is 9.73 Å². The number of halogens is 2. The molecule has 1 aliphatic carbocycles. The molecule has 1 aromatic rings. The van der Waals surface area contributed by atoms with Crippen molar-refractivity contribution in [3.8, 4) is 0 Å². The van der Waals surface area contributed by atoms with Crippen LogP contribution in [-0.2, 0) is 0 Å². The van der Waals surface area contributed by atoms with Crippen LogP contribution < -0.4 is 5.32 Å². The fourth-order valence-electron chi connectivity index (χ4n) is 1.18. The highest BCUT2D eigenvalue weighted by molar-refractivity contribution is 9.10. The third kappa shape index (κ3) is 2.03. The van der Waals surface area contributed by atoms with Crippen LogP contribution in [0.25, 0.3) is 0 Å². The van der Waals surface area contributed by atoms with Crippen molar-refractivity contribution in [2.24, 2.45) is 0 Å². The zero-order chi connectivity index (χ0) is 10.2. The molecule has 1 saturated carbocycles. The number of carbonyl (C=O) groups excluding carboxylic acids is 1. The molecule has 1 amide bonds. The SMILES string of the molecule is O=C(NC1(CBr)CC1)c1ccc(Br)o1. The number of carbonyl (C=O) groups is 1. The fourth-order valence-corrected chi connectivity index (χ4v) is 2.19. The van der Waals surface area contributed by atoms with E-state index in [2.05, 4.69) is 37.2 Å². The van der Waals surface area contributed by atoms with E-state index in [9.17, 15) is 4.79 Å². The van der Waals surface area contributed by atoms with Crippen molar-refractivity contribution in [2.75, 3.05) is 5.33 Å². The predicted octanol–water partition coefficient (Wildman–Crippen LogP) is 2.70. The highest BCUT2D eigenvalue weighted by Crippen LogP contribution is 2.37. The quantitative estimate of drug-likeness (QED) is 0.869. The van der Waals surface area contributed by atoms with Crippen LogP contribution in [0.5, 0.6) is 0 Å². The molecule has 0 saturated heterocycles. The molecule has 0 radical (unpaired) electrons. The van der Waals surface area contributed by atoms with E-state index >= 15 is 0 Å².